The van der Waals surface area contributed by atoms with Gasteiger partial charge in [-0.25, -0.2) is 4.79 Å². The van der Waals surface area contributed by atoms with E-state index in [0.717, 1.165) is 16.7 Å². The molecule has 0 aliphatic carbocycles. The molecular formula is C16H14F3N3O2. The zero-order valence-corrected chi connectivity index (χ0v) is 12.6. The number of carboxylic acids is 1. The van der Waals surface area contributed by atoms with Gasteiger partial charge in [-0.05, 0) is 24.1 Å². The van der Waals surface area contributed by atoms with Crippen LogP contribution >= 0.6 is 0 Å². The standard InChI is InChI=1S/C14H13N3.C2HF3O2/c1-10(16)11-2-4-12(5-3-11)14-6-7-17-9-13(14)8-15;3-2(4,5)1(6)7/h2-7,9-10H,16H2,1H3;(H,6,7)/t10-;/m1./s1. The second-order valence-electron chi connectivity index (χ2n) is 4.75. The molecule has 5 nitrogen and oxygen atoms in total. The van der Waals surface area contributed by atoms with Crippen LogP contribution in [0, 0.1) is 11.3 Å². The molecule has 24 heavy (non-hydrogen) atoms. The molecule has 1 aromatic carbocycles. The molecule has 8 heteroatoms. The molecule has 1 aromatic heterocycles. The Bertz CT molecular complexity index is 735. The van der Waals surface area contributed by atoms with E-state index in [1.807, 2.05) is 37.3 Å². The molecule has 2 rings (SSSR count). The number of carboxylic acid groups (broad SMARTS) is 1. The Morgan fingerprint density at radius 1 is 1.29 bits per heavy atom. The second-order valence-corrected chi connectivity index (χ2v) is 4.75. The Balaban J connectivity index is 0.000000351. The van der Waals surface area contributed by atoms with E-state index in [1.165, 1.54) is 0 Å². The molecule has 0 radical (unpaired) electrons. The topological polar surface area (TPSA) is 100 Å². The summed E-state index contributed by atoms with van der Waals surface area (Å²) >= 11 is 0. The van der Waals surface area contributed by atoms with Crippen LogP contribution in [-0.2, 0) is 4.79 Å². The Morgan fingerprint density at radius 2 is 1.83 bits per heavy atom. The van der Waals surface area contributed by atoms with Crippen LogP contribution < -0.4 is 5.73 Å². The van der Waals surface area contributed by atoms with E-state index in [-0.39, 0.29) is 6.04 Å². The monoisotopic (exact) mass is 337 g/mol. The van der Waals surface area contributed by atoms with Crippen LogP contribution in [0.4, 0.5) is 13.2 Å². The molecule has 0 aliphatic rings. The molecule has 0 fully saturated rings. The number of nitrogens with zero attached hydrogens (tertiary/aromatic N) is 2. The second kappa shape index (κ2) is 8.08. The first kappa shape index (κ1) is 19.1. The normalized spacial score (nSPS) is 11.7. The predicted molar refractivity (Wildman–Crippen MR) is 80.7 cm³/mol. The fraction of sp³-hybridized carbons (Fsp3) is 0.188. The smallest absolute Gasteiger partial charge is 0.475 e. The summed E-state index contributed by atoms with van der Waals surface area (Å²) in [4.78, 5) is 12.8. The third-order valence-electron chi connectivity index (χ3n) is 2.93. The lowest BCUT2D eigenvalue weighted by Gasteiger charge is -2.07. The zero-order chi connectivity index (χ0) is 18.3. The maximum atomic E-state index is 10.6. The molecule has 0 bridgehead atoms. The van der Waals surface area contributed by atoms with Gasteiger partial charge in [-0.15, -0.1) is 0 Å². The van der Waals surface area contributed by atoms with Crippen molar-refractivity contribution >= 4 is 5.97 Å². The SMILES string of the molecule is C[C@@H](N)c1ccc(-c2ccncc2C#N)cc1.O=C(O)C(F)(F)F. The molecule has 2 aromatic rings. The lowest BCUT2D eigenvalue weighted by molar-refractivity contribution is -0.192. The fourth-order valence-corrected chi connectivity index (χ4v) is 1.70. The highest BCUT2D eigenvalue weighted by atomic mass is 19.4. The molecule has 0 unspecified atom stereocenters. The van der Waals surface area contributed by atoms with E-state index < -0.39 is 12.1 Å². The first-order chi connectivity index (χ1) is 11.2. The predicted octanol–water partition coefficient (Wildman–Crippen LogP) is 3.27. The number of hydrogen-bond acceptors (Lipinski definition) is 4. The molecule has 3 N–H and O–H groups in total. The van der Waals surface area contributed by atoms with Crippen LogP contribution in [0.15, 0.2) is 42.7 Å². The van der Waals surface area contributed by atoms with Crippen molar-refractivity contribution in [2.24, 2.45) is 5.73 Å². The van der Waals surface area contributed by atoms with E-state index in [0.29, 0.717) is 5.56 Å². The lowest BCUT2D eigenvalue weighted by atomic mass is 9.99. The molecule has 1 heterocycles. The lowest BCUT2D eigenvalue weighted by Crippen LogP contribution is -2.21. The number of nitrogens with two attached hydrogens (primary N) is 1. The van der Waals surface area contributed by atoms with Crippen molar-refractivity contribution in [2.75, 3.05) is 0 Å². The van der Waals surface area contributed by atoms with Crippen molar-refractivity contribution < 1.29 is 23.1 Å². The van der Waals surface area contributed by atoms with Gasteiger partial charge >= 0.3 is 12.1 Å². The number of nitriles is 1. The third kappa shape index (κ3) is 5.37. The van der Waals surface area contributed by atoms with Crippen molar-refractivity contribution in [3.8, 4) is 17.2 Å². The van der Waals surface area contributed by atoms with Crippen LogP contribution in [-0.4, -0.2) is 22.2 Å². The summed E-state index contributed by atoms with van der Waals surface area (Å²) in [7, 11) is 0. The van der Waals surface area contributed by atoms with Gasteiger partial charge in [0.2, 0.25) is 0 Å². The van der Waals surface area contributed by atoms with E-state index in [9.17, 15) is 13.2 Å². The van der Waals surface area contributed by atoms with Crippen LogP contribution in [0.1, 0.15) is 24.1 Å². The molecule has 0 amide bonds. The van der Waals surface area contributed by atoms with E-state index in [2.05, 4.69) is 11.1 Å². The molecule has 0 saturated carbocycles. The Hall–Kier alpha value is -2.92. The summed E-state index contributed by atoms with van der Waals surface area (Å²) in [5, 5.41) is 16.1. The summed E-state index contributed by atoms with van der Waals surface area (Å²) in [6.45, 7) is 1.95. The highest BCUT2D eigenvalue weighted by molar-refractivity contribution is 5.73. The summed E-state index contributed by atoms with van der Waals surface area (Å²) in [5.74, 6) is -2.76. The van der Waals surface area contributed by atoms with Gasteiger partial charge in [-0.1, -0.05) is 24.3 Å². The van der Waals surface area contributed by atoms with Gasteiger partial charge < -0.3 is 10.8 Å². The Morgan fingerprint density at radius 3 is 2.25 bits per heavy atom. The molecule has 0 aliphatic heterocycles. The number of aliphatic carboxylic acids is 1. The first-order valence-electron chi connectivity index (χ1n) is 6.67. The van der Waals surface area contributed by atoms with Crippen molar-refractivity contribution in [1.29, 1.82) is 5.26 Å². The largest absolute Gasteiger partial charge is 0.490 e. The van der Waals surface area contributed by atoms with Gasteiger partial charge in [0.25, 0.3) is 0 Å². The number of halogens is 3. The highest BCUT2D eigenvalue weighted by Gasteiger charge is 2.38. The summed E-state index contributed by atoms with van der Waals surface area (Å²) < 4.78 is 31.7. The average molecular weight is 337 g/mol. The van der Waals surface area contributed by atoms with E-state index >= 15 is 0 Å². The van der Waals surface area contributed by atoms with E-state index in [4.69, 9.17) is 20.9 Å². The average Bonchev–Trinajstić information content (AvgIpc) is 2.54. The number of alkyl halides is 3. The quantitative estimate of drug-likeness (QED) is 0.876. The number of aromatic nitrogens is 1. The highest BCUT2D eigenvalue weighted by Crippen LogP contribution is 2.23. The van der Waals surface area contributed by atoms with Crippen LogP contribution in [0.2, 0.25) is 0 Å². The molecule has 0 saturated heterocycles. The van der Waals surface area contributed by atoms with Crippen molar-refractivity contribution in [1.82, 2.24) is 4.98 Å². The third-order valence-corrected chi connectivity index (χ3v) is 2.93. The van der Waals surface area contributed by atoms with Gasteiger partial charge in [0, 0.05) is 24.0 Å². The van der Waals surface area contributed by atoms with Crippen molar-refractivity contribution in [3.63, 3.8) is 0 Å². The summed E-state index contributed by atoms with van der Waals surface area (Å²) in [6, 6.07) is 12.0. The number of pyridine rings is 1. The number of benzene rings is 1. The minimum absolute atomic E-state index is 0.0249. The van der Waals surface area contributed by atoms with Gasteiger partial charge in [0.05, 0.1) is 5.56 Å². The van der Waals surface area contributed by atoms with Gasteiger partial charge in [-0.2, -0.15) is 18.4 Å². The Kier molecular flexibility index (Phi) is 6.44. The number of carbonyl (C=O) groups is 1. The molecule has 0 spiro atoms. The number of rotatable bonds is 2. The summed E-state index contributed by atoms with van der Waals surface area (Å²) in [6.07, 6.45) is -1.82. The Labute approximate surface area is 136 Å². The number of hydrogen-bond donors (Lipinski definition) is 2. The van der Waals surface area contributed by atoms with Crippen molar-refractivity contribution in [3.05, 3.63) is 53.9 Å². The molecule has 1 atom stereocenters. The van der Waals surface area contributed by atoms with Gasteiger partial charge in [-0.3, -0.25) is 4.98 Å². The molecule has 126 valence electrons. The zero-order valence-electron chi connectivity index (χ0n) is 12.6. The van der Waals surface area contributed by atoms with Crippen LogP contribution in [0.25, 0.3) is 11.1 Å². The maximum absolute atomic E-state index is 10.6. The van der Waals surface area contributed by atoms with Crippen molar-refractivity contribution in [2.45, 2.75) is 19.1 Å². The van der Waals surface area contributed by atoms with Gasteiger partial charge in [0.15, 0.2) is 0 Å². The van der Waals surface area contributed by atoms with Crippen LogP contribution in [0.5, 0.6) is 0 Å². The maximum Gasteiger partial charge on any atom is 0.490 e. The first-order valence-corrected chi connectivity index (χ1v) is 6.67. The van der Waals surface area contributed by atoms with Gasteiger partial charge in [0.1, 0.15) is 6.07 Å². The minimum atomic E-state index is -5.08. The summed E-state index contributed by atoms with van der Waals surface area (Å²) in [5.41, 5.74) is 9.37. The molecular weight excluding hydrogens is 323 g/mol. The fourth-order valence-electron chi connectivity index (χ4n) is 1.70. The van der Waals surface area contributed by atoms with E-state index in [1.54, 1.807) is 12.4 Å². The minimum Gasteiger partial charge on any atom is -0.475 e. The van der Waals surface area contributed by atoms with Crippen LogP contribution in [0.3, 0.4) is 0 Å².